The van der Waals surface area contributed by atoms with Gasteiger partial charge in [-0.05, 0) is 48.6 Å². The molecule has 1 aromatic heterocycles. The van der Waals surface area contributed by atoms with Gasteiger partial charge in [0.1, 0.15) is 11.6 Å². The van der Waals surface area contributed by atoms with Crippen LogP contribution in [0.25, 0.3) is 0 Å². The third kappa shape index (κ3) is 3.30. The van der Waals surface area contributed by atoms with Crippen LogP contribution in [0.1, 0.15) is 22.3 Å². The van der Waals surface area contributed by atoms with E-state index in [1.165, 1.54) is 12.1 Å². The highest BCUT2D eigenvalue weighted by Crippen LogP contribution is 2.23. The molecule has 22 heavy (non-hydrogen) atoms. The van der Waals surface area contributed by atoms with Gasteiger partial charge in [0.15, 0.2) is 0 Å². The Morgan fingerprint density at radius 3 is 2.55 bits per heavy atom. The third-order valence-electron chi connectivity index (χ3n) is 3.95. The van der Waals surface area contributed by atoms with Crippen molar-refractivity contribution < 1.29 is 13.6 Å². The van der Waals surface area contributed by atoms with Gasteiger partial charge in [0.2, 0.25) is 0 Å². The van der Waals surface area contributed by atoms with Gasteiger partial charge in [-0.2, -0.15) is 0 Å². The van der Waals surface area contributed by atoms with Gasteiger partial charge in [-0.1, -0.05) is 0 Å². The Labute approximate surface area is 127 Å². The zero-order chi connectivity index (χ0) is 15.5. The molecular formula is C17H16F2N2O. The lowest BCUT2D eigenvalue weighted by molar-refractivity contribution is 0.0787. The average Bonchev–Trinajstić information content (AvgIpc) is 2.95. The Morgan fingerprint density at radius 1 is 1.18 bits per heavy atom. The van der Waals surface area contributed by atoms with Crippen LogP contribution in [-0.2, 0) is 6.42 Å². The van der Waals surface area contributed by atoms with Crippen LogP contribution in [-0.4, -0.2) is 28.9 Å². The smallest absolute Gasteiger partial charge is 0.253 e. The Balaban J connectivity index is 1.64. The molecule has 2 aromatic rings. The number of hydrogen-bond donors (Lipinski definition) is 0. The highest BCUT2D eigenvalue weighted by molar-refractivity contribution is 5.94. The molecule has 1 fully saturated rings. The molecule has 1 saturated heterocycles. The van der Waals surface area contributed by atoms with Crippen molar-refractivity contribution in [3.63, 3.8) is 0 Å². The van der Waals surface area contributed by atoms with Crippen LogP contribution in [0.15, 0.2) is 42.7 Å². The van der Waals surface area contributed by atoms with E-state index < -0.39 is 11.6 Å². The summed E-state index contributed by atoms with van der Waals surface area (Å²) in [6, 6.07) is 6.97. The topological polar surface area (TPSA) is 33.2 Å². The summed E-state index contributed by atoms with van der Waals surface area (Å²) in [5, 5.41) is 0. The van der Waals surface area contributed by atoms with E-state index >= 15 is 0 Å². The maximum Gasteiger partial charge on any atom is 0.253 e. The number of likely N-dealkylation sites (tertiary alicyclic amines) is 1. The molecule has 1 atom stereocenters. The summed E-state index contributed by atoms with van der Waals surface area (Å²) in [7, 11) is 0. The lowest BCUT2D eigenvalue weighted by atomic mass is 9.98. The number of aromatic nitrogens is 1. The summed E-state index contributed by atoms with van der Waals surface area (Å²) >= 11 is 0. The first-order valence-electron chi connectivity index (χ1n) is 7.26. The first-order chi connectivity index (χ1) is 10.6. The van der Waals surface area contributed by atoms with Crippen LogP contribution >= 0.6 is 0 Å². The van der Waals surface area contributed by atoms with Crippen molar-refractivity contribution in [3.05, 3.63) is 65.5 Å². The Kier molecular flexibility index (Phi) is 4.13. The summed E-state index contributed by atoms with van der Waals surface area (Å²) in [4.78, 5) is 18.0. The van der Waals surface area contributed by atoms with Gasteiger partial charge in [0.05, 0.1) is 0 Å². The van der Waals surface area contributed by atoms with Gasteiger partial charge in [0, 0.05) is 37.1 Å². The molecule has 5 heteroatoms. The summed E-state index contributed by atoms with van der Waals surface area (Å²) in [6.07, 6.45) is 4.61. The number of benzene rings is 1. The van der Waals surface area contributed by atoms with Crippen molar-refractivity contribution in [2.24, 2.45) is 5.92 Å². The summed E-state index contributed by atoms with van der Waals surface area (Å²) < 4.78 is 26.4. The average molecular weight is 302 g/mol. The minimum atomic E-state index is -0.558. The monoisotopic (exact) mass is 302 g/mol. The fourth-order valence-corrected chi connectivity index (χ4v) is 2.92. The standard InChI is InChI=1S/C17H16F2N2O/c18-15-8-13(9-16(19)10-15)7-12-3-6-21(11-12)17(22)14-1-4-20-5-2-14/h1-2,4-5,8-10,12H,3,6-7,11H2. The molecule has 2 heterocycles. The highest BCUT2D eigenvalue weighted by atomic mass is 19.1. The summed E-state index contributed by atoms with van der Waals surface area (Å²) in [5.41, 5.74) is 1.26. The molecule has 1 unspecified atom stereocenters. The molecule has 1 amide bonds. The molecule has 0 spiro atoms. The first-order valence-corrected chi connectivity index (χ1v) is 7.26. The normalized spacial score (nSPS) is 17.7. The second kappa shape index (κ2) is 6.22. The number of hydrogen-bond acceptors (Lipinski definition) is 2. The van der Waals surface area contributed by atoms with E-state index in [1.54, 1.807) is 29.4 Å². The quantitative estimate of drug-likeness (QED) is 0.873. The number of rotatable bonds is 3. The third-order valence-corrected chi connectivity index (χ3v) is 3.95. The second-order valence-electron chi connectivity index (χ2n) is 5.62. The molecule has 0 saturated carbocycles. The maximum atomic E-state index is 13.2. The Morgan fingerprint density at radius 2 is 1.86 bits per heavy atom. The molecule has 1 aliphatic rings. The number of carbonyl (C=O) groups is 1. The van der Waals surface area contributed by atoms with Gasteiger partial charge < -0.3 is 4.90 Å². The van der Waals surface area contributed by atoms with Gasteiger partial charge >= 0.3 is 0 Å². The molecule has 114 valence electrons. The van der Waals surface area contributed by atoms with Crippen molar-refractivity contribution in [2.45, 2.75) is 12.8 Å². The van der Waals surface area contributed by atoms with Crippen LogP contribution in [0.3, 0.4) is 0 Å². The van der Waals surface area contributed by atoms with Crippen LogP contribution < -0.4 is 0 Å². The lowest BCUT2D eigenvalue weighted by Crippen LogP contribution is -2.28. The molecule has 3 nitrogen and oxygen atoms in total. The van der Waals surface area contributed by atoms with E-state index in [4.69, 9.17) is 0 Å². The zero-order valence-corrected chi connectivity index (χ0v) is 12.0. The van der Waals surface area contributed by atoms with E-state index in [2.05, 4.69) is 4.98 Å². The van der Waals surface area contributed by atoms with E-state index in [1.807, 2.05) is 0 Å². The van der Waals surface area contributed by atoms with Crippen LogP contribution in [0, 0.1) is 17.6 Å². The summed E-state index contributed by atoms with van der Waals surface area (Å²) in [6.45, 7) is 1.28. The molecular weight excluding hydrogens is 286 g/mol. The number of pyridine rings is 1. The minimum Gasteiger partial charge on any atom is -0.338 e. The van der Waals surface area contributed by atoms with Crippen molar-refractivity contribution in [3.8, 4) is 0 Å². The predicted molar refractivity (Wildman–Crippen MR) is 78.3 cm³/mol. The molecule has 0 aliphatic carbocycles. The number of nitrogens with zero attached hydrogens (tertiary/aromatic N) is 2. The minimum absolute atomic E-state index is 0.0182. The summed E-state index contributed by atoms with van der Waals surface area (Å²) in [5.74, 6) is -0.905. The molecule has 0 N–H and O–H groups in total. The SMILES string of the molecule is O=C(c1ccncc1)N1CCC(Cc2cc(F)cc(F)c2)C1. The molecule has 1 aromatic carbocycles. The molecule has 1 aliphatic heterocycles. The van der Waals surface area contributed by atoms with E-state index in [0.717, 1.165) is 12.5 Å². The molecule has 0 bridgehead atoms. The van der Waals surface area contributed by atoms with E-state index in [-0.39, 0.29) is 11.8 Å². The lowest BCUT2D eigenvalue weighted by Gasteiger charge is -2.16. The maximum absolute atomic E-state index is 13.2. The molecule has 3 rings (SSSR count). The van der Waals surface area contributed by atoms with E-state index in [9.17, 15) is 13.6 Å². The highest BCUT2D eigenvalue weighted by Gasteiger charge is 2.27. The number of halogens is 2. The largest absolute Gasteiger partial charge is 0.338 e. The van der Waals surface area contributed by atoms with Gasteiger partial charge in [-0.15, -0.1) is 0 Å². The first kappa shape index (κ1) is 14.6. The number of carbonyl (C=O) groups excluding carboxylic acids is 1. The Hall–Kier alpha value is -2.30. The fraction of sp³-hybridized carbons (Fsp3) is 0.294. The van der Waals surface area contributed by atoms with Gasteiger partial charge in [-0.3, -0.25) is 9.78 Å². The predicted octanol–water partition coefficient (Wildman–Crippen LogP) is 3.06. The van der Waals surface area contributed by atoms with Crippen LogP contribution in [0.4, 0.5) is 8.78 Å². The van der Waals surface area contributed by atoms with Crippen LogP contribution in [0.5, 0.6) is 0 Å². The van der Waals surface area contributed by atoms with Crippen LogP contribution in [0.2, 0.25) is 0 Å². The molecule has 0 radical (unpaired) electrons. The second-order valence-corrected chi connectivity index (χ2v) is 5.62. The van der Waals surface area contributed by atoms with Crippen molar-refractivity contribution in [2.75, 3.05) is 13.1 Å². The van der Waals surface area contributed by atoms with E-state index in [0.29, 0.717) is 30.6 Å². The Bertz CT molecular complexity index is 655. The van der Waals surface area contributed by atoms with Crippen molar-refractivity contribution in [1.29, 1.82) is 0 Å². The fourth-order valence-electron chi connectivity index (χ4n) is 2.92. The van der Waals surface area contributed by atoms with Gasteiger partial charge in [-0.25, -0.2) is 8.78 Å². The zero-order valence-electron chi connectivity index (χ0n) is 12.0. The van der Waals surface area contributed by atoms with Crippen molar-refractivity contribution >= 4 is 5.91 Å². The number of amides is 1. The van der Waals surface area contributed by atoms with Crippen molar-refractivity contribution in [1.82, 2.24) is 9.88 Å². The van der Waals surface area contributed by atoms with Gasteiger partial charge in [0.25, 0.3) is 5.91 Å².